The summed E-state index contributed by atoms with van der Waals surface area (Å²) in [6, 6.07) is 9.04. The summed E-state index contributed by atoms with van der Waals surface area (Å²) >= 11 is 0. The summed E-state index contributed by atoms with van der Waals surface area (Å²) < 4.78 is 22.8. The zero-order valence-electron chi connectivity index (χ0n) is 21.6. The van der Waals surface area contributed by atoms with Gasteiger partial charge in [0.2, 0.25) is 0 Å². The molecule has 0 aliphatic carbocycles. The van der Waals surface area contributed by atoms with Crippen LogP contribution in [0.5, 0.6) is 0 Å². The fourth-order valence-corrected chi connectivity index (χ4v) is 3.83. The summed E-state index contributed by atoms with van der Waals surface area (Å²) in [5, 5.41) is 4.98. The van der Waals surface area contributed by atoms with E-state index < -0.39 is 11.4 Å². The van der Waals surface area contributed by atoms with Gasteiger partial charge in [0.1, 0.15) is 5.82 Å². The molecule has 0 aliphatic heterocycles. The predicted molar refractivity (Wildman–Crippen MR) is 137 cm³/mol. The normalized spacial score (nSPS) is 12.9. The molecule has 6 heteroatoms. The summed E-state index contributed by atoms with van der Waals surface area (Å²) in [6.07, 6.45) is 1.57. The van der Waals surface area contributed by atoms with Gasteiger partial charge >= 0.3 is 6.92 Å². The molecule has 176 valence electrons. The maximum Gasteiger partial charge on any atom is 0.324 e. The van der Waals surface area contributed by atoms with Crippen molar-refractivity contribution < 1.29 is 9.04 Å². The summed E-state index contributed by atoms with van der Waals surface area (Å²) in [5.74, 6) is -0.518. The molecule has 0 atom stereocenters. The zero-order valence-corrected chi connectivity index (χ0v) is 21.6. The Labute approximate surface area is 197 Å². The molecular weight excluding hydrogens is 414 g/mol. The maximum atomic E-state index is 15.1. The zero-order chi connectivity index (χ0) is 24.9. The van der Waals surface area contributed by atoms with Crippen LogP contribution >= 0.6 is 0 Å². The number of hydrogen-bond donors (Lipinski definition) is 0. The quantitative estimate of drug-likeness (QED) is 0.472. The fraction of sp³-hybridized carbons (Fsp3) is 0.481. The Kier molecular flexibility index (Phi) is 6.40. The van der Waals surface area contributed by atoms with Crippen LogP contribution in [0.15, 0.2) is 41.3 Å². The van der Waals surface area contributed by atoms with Gasteiger partial charge in [-0.1, -0.05) is 60.5 Å². The molecule has 0 amide bonds. The summed E-state index contributed by atoms with van der Waals surface area (Å²) in [4.78, 5) is 13.3. The van der Waals surface area contributed by atoms with Crippen LogP contribution in [0, 0.1) is 18.2 Å². The molecule has 2 aromatic carbocycles. The van der Waals surface area contributed by atoms with E-state index in [1.165, 1.54) is 10.7 Å². The highest BCUT2D eigenvalue weighted by Gasteiger charge is 2.36. The van der Waals surface area contributed by atoms with Gasteiger partial charge in [0, 0.05) is 5.39 Å². The first kappa shape index (κ1) is 25.2. The lowest BCUT2D eigenvalue weighted by Crippen LogP contribution is -2.47. The summed E-state index contributed by atoms with van der Waals surface area (Å²) in [6.45, 7) is 20.5. The highest BCUT2D eigenvalue weighted by atomic mass is 19.1. The molecule has 0 fully saturated rings. The second kappa shape index (κ2) is 8.39. The van der Waals surface area contributed by atoms with E-state index in [-0.39, 0.29) is 28.7 Å². The second-order valence-corrected chi connectivity index (χ2v) is 11.5. The third-order valence-electron chi connectivity index (χ3n) is 7.00. The highest BCUT2D eigenvalue weighted by Crippen LogP contribution is 2.33. The average molecular weight is 450 g/mol. The Morgan fingerprint density at radius 3 is 2.24 bits per heavy atom. The number of benzene rings is 2. The van der Waals surface area contributed by atoms with Crippen molar-refractivity contribution in [3.63, 3.8) is 0 Å². The second-order valence-electron chi connectivity index (χ2n) is 11.5. The standard InChI is InChI=1S/C27H36BFN2O2/c1-17-20(28(10)33-27(8,9)26(5,6)7)12-11-13-22(17)31-24(32)23-18(16-30-31)14-19(15-21(23)29)25(2,3)4/h11-16H,1-10H3. The number of fused-ring (bicyclic) bond motifs is 1. The molecule has 3 rings (SSSR count). The van der Waals surface area contributed by atoms with Gasteiger partial charge in [0.05, 0.1) is 22.9 Å². The molecule has 0 saturated carbocycles. The molecule has 0 aliphatic rings. The predicted octanol–water partition coefficient (Wildman–Crippen LogP) is 5.80. The van der Waals surface area contributed by atoms with Crippen LogP contribution in [0.3, 0.4) is 0 Å². The minimum absolute atomic E-state index is 0.0486. The van der Waals surface area contributed by atoms with E-state index in [1.807, 2.05) is 58.8 Å². The number of hydrogen-bond acceptors (Lipinski definition) is 3. The van der Waals surface area contributed by atoms with E-state index in [9.17, 15) is 4.79 Å². The Morgan fingerprint density at radius 2 is 1.67 bits per heavy atom. The van der Waals surface area contributed by atoms with Gasteiger partial charge in [-0.2, -0.15) is 9.78 Å². The Morgan fingerprint density at radius 1 is 1.03 bits per heavy atom. The Hall–Kier alpha value is -2.47. The van der Waals surface area contributed by atoms with Crippen LogP contribution in [-0.2, 0) is 10.1 Å². The monoisotopic (exact) mass is 450 g/mol. The van der Waals surface area contributed by atoms with Crippen molar-refractivity contribution in [2.45, 2.75) is 80.2 Å². The smallest absolute Gasteiger partial charge is 0.324 e. The van der Waals surface area contributed by atoms with E-state index in [1.54, 1.807) is 6.20 Å². The van der Waals surface area contributed by atoms with Gasteiger partial charge in [-0.15, -0.1) is 0 Å². The third kappa shape index (κ3) is 4.77. The molecule has 3 aromatic rings. The van der Waals surface area contributed by atoms with Gasteiger partial charge in [-0.05, 0) is 66.4 Å². The van der Waals surface area contributed by atoms with E-state index >= 15 is 4.39 Å². The fourth-order valence-electron chi connectivity index (χ4n) is 3.83. The molecule has 1 heterocycles. The third-order valence-corrected chi connectivity index (χ3v) is 7.00. The lowest BCUT2D eigenvalue weighted by molar-refractivity contribution is 0.000432. The number of nitrogens with zero attached hydrogens (tertiary/aromatic N) is 2. The van der Waals surface area contributed by atoms with Crippen LogP contribution in [0.4, 0.5) is 4.39 Å². The van der Waals surface area contributed by atoms with Crippen molar-refractivity contribution in [3.05, 3.63) is 63.8 Å². The van der Waals surface area contributed by atoms with Crippen LogP contribution in [-0.4, -0.2) is 22.3 Å². The molecule has 4 nitrogen and oxygen atoms in total. The van der Waals surface area contributed by atoms with Crippen molar-refractivity contribution in [1.82, 2.24) is 9.78 Å². The SMILES string of the molecule is CB(OC(C)(C)C(C)(C)C)c1cccc(-n2ncc3cc(C(C)(C)C)cc(F)c3c2=O)c1C. The highest BCUT2D eigenvalue weighted by molar-refractivity contribution is 6.66. The average Bonchev–Trinajstić information content (AvgIpc) is 2.66. The molecule has 0 N–H and O–H groups in total. The molecular formula is C27H36BFN2O2. The largest absolute Gasteiger partial charge is 0.426 e. The minimum atomic E-state index is -0.518. The lowest BCUT2D eigenvalue weighted by atomic mass is 9.60. The first-order valence-corrected chi connectivity index (χ1v) is 11.5. The van der Waals surface area contributed by atoms with Crippen LogP contribution in [0.25, 0.3) is 16.5 Å². The van der Waals surface area contributed by atoms with Crippen molar-refractivity contribution in [3.8, 4) is 5.69 Å². The Balaban J connectivity index is 2.11. The number of halogens is 1. The molecule has 0 radical (unpaired) electrons. The molecule has 33 heavy (non-hydrogen) atoms. The van der Waals surface area contributed by atoms with E-state index in [0.29, 0.717) is 11.1 Å². The van der Waals surface area contributed by atoms with Crippen molar-refractivity contribution >= 4 is 23.2 Å². The van der Waals surface area contributed by atoms with Crippen LogP contribution < -0.4 is 11.0 Å². The van der Waals surface area contributed by atoms with Gasteiger partial charge in [0.15, 0.2) is 0 Å². The van der Waals surface area contributed by atoms with Crippen molar-refractivity contribution in [2.75, 3.05) is 0 Å². The lowest BCUT2D eigenvalue weighted by Gasteiger charge is -2.41. The maximum absolute atomic E-state index is 15.1. The van der Waals surface area contributed by atoms with Crippen LogP contribution in [0.2, 0.25) is 6.82 Å². The van der Waals surface area contributed by atoms with E-state index in [0.717, 1.165) is 16.6 Å². The number of rotatable bonds is 4. The first-order valence-electron chi connectivity index (χ1n) is 11.5. The van der Waals surface area contributed by atoms with Crippen molar-refractivity contribution in [2.24, 2.45) is 5.41 Å². The van der Waals surface area contributed by atoms with E-state index in [2.05, 4.69) is 39.7 Å². The van der Waals surface area contributed by atoms with Crippen LogP contribution in [0.1, 0.15) is 66.5 Å². The van der Waals surface area contributed by atoms with Gasteiger partial charge in [-0.3, -0.25) is 4.79 Å². The van der Waals surface area contributed by atoms with E-state index in [4.69, 9.17) is 4.65 Å². The first-order chi connectivity index (χ1) is 15.0. The molecule has 0 spiro atoms. The van der Waals surface area contributed by atoms with Gasteiger partial charge < -0.3 is 4.65 Å². The molecule has 1 aromatic heterocycles. The molecule has 0 bridgehead atoms. The Bertz CT molecular complexity index is 1250. The summed E-state index contributed by atoms with van der Waals surface area (Å²) in [7, 11) is 0. The number of aromatic nitrogens is 2. The molecule has 0 unspecified atom stereocenters. The summed E-state index contributed by atoms with van der Waals surface area (Å²) in [5.41, 5.74) is 2.21. The van der Waals surface area contributed by atoms with Crippen molar-refractivity contribution in [1.29, 1.82) is 0 Å². The van der Waals surface area contributed by atoms with Gasteiger partial charge in [-0.25, -0.2) is 4.39 Å². The van der Waals surface area contributed by atoms with Gasteiger partial charge in [0.25, 0.3) is 5.56 Å². The minimum Gasteiger partial charge on any atom is -0.426 e. The molecule has 0 saturated heterocycles. The topological polar surface area (TPSA) is 44.1 Å².